The fourth-order valence-corrected chi connectivity index (χ4v) is 3.64. The van der Waals surface area contributed by atoms with E-state index < -0.39 is 11.7 Å². The predicted molar refractivity (Wildman–Crippen MR) is 114 cm³/mol. The minimum absolute atomic E-state index is 0.0504. The van der Waals surface area contributed by atoms with Crippen LogP contribution in [0.5, 0.6) is 0 Å². The van der Waals surface area contributed by atoms with Gasteiger partial charge in [0.25, 0.3) is 0 Å². The van der Waals surface area contributed by atoms with Crippen LogP contribution in [-0.4, -0.2) is 21.3 Å². The van der Waals surface area contributed by atoms with E-state index in [0.717, 1.165) is 11.6 Å². The SMILES string of the molecule is CC(C)c1nccn1-c1cc2c(cc1C(F)(F)F)N(OCc1ccccc1)CC(Cl)=N2. The number of aliphatic imine (C=N–C) groups is 1. The van der Waals surface area contributed by atoms with Crippen molar-refractivity contribution < 1.29 is 18.0 Å². The molecule has 0 radical (unpaired) electrons. The van der Waals surface area contributed by atoms with Gasteiger partial charge in [-0.05, 0) is 17.7 Å². The van der Waals surface area contributed by atoms with Gasteiger partial charge in [0.2, 0.25) is 0 Å². The number of rotatable bonds is 5. The lowest BCUT2D eigenvalue weighted by Gasteiger charge is -2.29. The summed E-state index contributed by atoms with van der Waals surface area (Å²) < 4.78 is 43.6. The molecule has 0 saturated carbocycles. The number of nitrogens with zero attached hydrogens (tertiary/aromatic N) is 4. The molecule has 0 amide bonds. The molecular weight excluding hydrogens is 429 g/mol. The number of anilines is 1. The lowest BCUT2D eigenvalue weighted by Crippen LogP contribution is -2.31. The van der Waals surface area contributed by atoms with Crippen molar-refractivity contribution in [1.82, 2.24) is 9.55 Å². The van der Waals surface area contributed by atoms with Crippen molar-refractivity contribution in [2.24, 2.45) is 4.99 Å². The molecule has 1 aromatic heterocycles. The molecule has 0 spiro atoms. The maximum atomic E-state index is 14.0. The molecule has 0 fully saturated rings. The zero-order valence-corrected chi connectivity index (χ0v) is 17.7. The summed E-state index contributed by atoms with van der Waals surface area (Å²) in [6, 6.07) is 11.8. The van der Waals surface area contributed by atoms with Crippen LogP contribution < -0.4 is 5.06 Å². The average Bonchev–Trinajstić information content (AvgIpc) is 3.21. The van der Waals surface area contributed by atoms with Crippen LogP contribution in [0.2, 0.25) is 0 Å². The predicted octanol–water partition coefficient (Wildman–Crippen LogP) is 6.24. The number of imidazole rings is 1. The first-order chi connectivity index (χ1) is 14.7. The van der Waals surface area contributed by atoms with E-state index in [1.54, 1.807) is 0 Å². The summed E-state index contributed by atoms with van der Waals surface area (Å²) in [6.07, 6.45) is -1.58. The highest BCUT2D eigenvalue weighted by Crippen LogP contribution is 2.43. The second-order valence-electron chi connectivity index (χ2n) is 7.45. The number of hydrogen-bond donors (Lipinski definition) is 0. The van der Waals surface area contributed by atoms with Gasteiger partial charge < -0.3 is 4.57 Å². The number of aromatic nitrogens is 2. The first-order valence-corrected chi connectivity index (χ1v) is 10.1. The van der Waals surface area contributed by atoms with E-state index in [4.69, 9.17) is 16.4 Å². The normalized spacial score (nSPS) is 14.0. The molecule has 5 nitrogen and oxygen atoms in total. The third-order valence-corrected chi connectivity index (χ3v) is 5.06. The van der Waals surface area contributed by atoms with Crippen molar-refractivity contribution in [1.29, 1.82) is 0 Å². The van der Waals surface area contributed by atoms with Gasteiger partial charge in [-0.15, -0.1) is 0 Å². The monoisotopic (exact) mass is 448 g/mol. The number of hydroxylamine groups is 1. The van der Waals surface area contributed by atoms with Gasteiger partial charge in [0.1, 0.15) is 11.0 Å². The molecule has 3 aromatic rings. The van der Waals surface area contributed by atoms with E-state index in [9.17, 15) is 13.2 Å². The van der Waals surface area contributed by atoms with Gasteiger partial charge in [-0.1, -0.05) is 55.8 Å². The molecule has 2 aromatic carbocycles. The molecule has 0 N–H and O–H groups in total. The van der Waals surface area contributed by atoms with Crippen LogP contribution in [0.1, 0.15) is 36.7 Å². The third kappa shape index (κ3) is 4.45. The average molecular weight is 449 g/mol. The minimum Gasteiger partial charge on any atom is -0.303 e. The number of alkyl halides is 3. The summed E-state index contributed by atoms with van der Waals surface area (Å²) in [5, 5.41) is 1.58. The van der Waals surface area contributed by atoms with Crippen LogP contribution in [0.15, 0.2) is 59.9 Å². The Morgan fingerprint density at radius 3 is 2.55 bits per heavy atom. The molecule has 0 atom stereocenters. The van der Waals surface area contributed by atoms with Crippen LogP contribution in [0.25, 0.3) is 5.69 Å². The van der Waals surface area contributed by atoms with Crippen molar-refractivity contribution in [3.63, 3.8) is 0 Å². The maximum Gasteiger partial charge on any atom is 0.418 e. The quantitative estimate of drug-likeness (QED) is 0.464. The lowest BCUT2D eigenvalue weighted by atomic mass is 10.1. The van der Waals surface area contributed by atoms with Gasteiger partial charge in [-0.3, -0.25) is 4.84 Å². The highest BCUT2D eigenvalue weighted by molar-refractivity contribution is 6.66. The van der Waals surface area contributed by atoms with E-state index in [-0.39, 0.29) is 35.6 Å². The summed E-state index contributed by atoms with van der Waals surface area (Å²) in [5.74, 6) is 0.457. The second kappa shape index (κ2) is 8.36. The molecule has 1 aliphatic rings. The summed E-state index contributed by atoms with van der Waals surface area (Å²) in [7, 11) is 0. The molecule has 0 aliphatic carbocycles. The maximum absolute atomic E-state index is 14.0. The summed E-state index contributed by atoms with van der Waals surface area (Å²) in [5.41, 5.74) is 0.548. The largest absolute Gasteiger partial charge is 0.418 e. The first-order valence-electron chi connectivity index (χ1n) is 9.70. The van der Waals surface area contributed by atoms with Gasteiger partial charge in [-0.25, -0.2) is 15.0 Å². The highest BCUT2D eigenvalue weighted by atomic mass is 35.5. The van der Waals surface area contributed by atoms with Gasteiger partial charge in [0.05, 0.1) is 35.8 Å². The van der Waals surface area contributed by atoms with Crippen molar-refractivity contribution in [3.05, 3.63) is 71.8 Å². The first kappa shape index (κ1) is 21.4. The van der Waals surface area contributed by atoms with Crippen LogP contribution >= 0.6 is 11.6 Å². The highest BCUT2D eigenvalue weighted by Gasteiger charge is 2.37. The molecule has 2 heterocycles. The third-order valence-electron chi connectivity index (χ3n) is 4.86. The number of fused-ring (bicyclic) bond motifs is 1. The zero-order chi connectivity index (χ0) is 22.2. The molecular formula is C22H20ClF3N4O. The van der Waals surface area contributed by atoms with Gasteiger partial charge in [-0.2, -0.15) is 13.2 Å². The van der Waals surface area contributed by atoms with Crippen molar-refractivity contribution in [3.8, 4) is 5.69 Å². The van der Waals surface area contributed by atoms with Crippen molar-refractivity contribution >= 4 is 28.1 Å². The van der Waals surface area contributed by atoms with Crippen molar-refractivity contribution in [2.75, 3.05) is 11.6 Å². The second-order valence-corrected chi connectivity index (χ2v) is 7.89. The van der Waals surface area contributed by atoms with Gasteiger partial charge in [0, 0.05) is 18.3 Å². The fourth-order valence-electron chi connectivity index (χ4n) is 3.44. The molecule has 9 heteroatoms. The number of halogens is 4. The Morgan fingerprint density at radius 1 is 1.13 bits per heavy atom. The molecule has 162 valence electrons. The smallest absolute Gasteiger partial charge is 0.303 e. The topological polar surface area (TPSA) is 42.7 Å². The zero-order valence-electron chi connectivity index (χ0n) is 16.9. The van der Waals surface area contributed by atoms with Crippen LogP contribution in [0.4, 0.5) is 24.5 Å². The van der Waals surface area contributed by atoms with E-state index in [1.165, 1.54) is 28.1 Å². The molecule has 1 aliphatic heterocycles. The molecule has 0 saturated heterocycles. The molecule has 4 rings (SSSR count). The lowest BCUT2D eigenvalue weighted by molar-refractivity contribution is -0.137. The molecule has 0 unspecified atom stereocenters. The van der Waals surface area contributed by atoms with Crippen LogP contribution in [-0.2, 0) is 17.6 Å². The summed E-state index contributed by atoms with van der Waals surface area (Å²) in [4.78, 5) is 14.3. The van der Waals surface area contributed by atoms with Gasteiger partial charge >= 0.3 is 6.18 Å². The Hall–Kier alpha value is -2.84. The molecule has 0 bridgehead atoms. The number of benzene rings is 2. The summed E-state index contributed by atoms with van der Waals surface area (Å²) >= 11 is 6.20. The Balaban J connectivity index is 1.79. The van der Waals surface area contributed by atoms with E-state index in [2.05, 4.69) is 9.98 Å². The minimum atomic E-state index is -4.58. The van der Waals surface area contributed by atoms with E-state index >= 15 is 0 Å². The van der Waals surface area contributed by atoms with Crippen LogP contribution in [0, 0.1) is 0 Å². The fraction of sp³-hybridized carbons (Fsp3) is 0.273. The Morgan fingerprint density at radius 2 is 1.87 bits per heavy atom. The van der Waals surface area contributed by atoms with E-state index in [0.29, 0.717) is 11.5 Å². The Bertz CT molecular complexity index is 1110. The summed E-state index contributed by atoms with van der Waals surface area (Å²) in [6.45, 7) is 3.99. The van der Waals surface area contributed by atoms with Crippen molar-refractivity contribution in [2.45, 2.75) is 32.5 Å². The Labute approximate surface area is 182 Å². The number of hydrogen-bond acceptors (Lipinski definition) is 4. The molecule has 31 heavy (non-hydrogen) atoms. The standard InChI is InChI=1S/C22H20ClF3N4O/c1-14(2)21-27-8-9-29(21)18-11-17-19(10-16(18)22(24,25)26)30(12-20(23)28-17)31-13-15-6-4-3-5-7-15/h3-11,14H,12-13H2,1-2H3. The van der Waals surface area contributed by atoms with Gasteiger partial charge in [0.15, 0.2) is 0 Å². The van der Waals surface area contributed by atoms with E-state index in [1.807, 2.05) is 44.2 Å². The Kier molecular flexibility index (Phi) is 5.77. The van der Waals surface area contributed by atoms with Crippen LogP contribution in [0.3, 0.4) is 0 Å².